The van der Waals surface area contributed by atoms with Crippen molar-refractivity contribution in [2.45, 2.75) is 38.6 Å². The highest BCUT2D eigenvalue weighted by molar-refractivity contribution is 7.92. The first-order valence-electron chi connectivity index (χ1n) is 7.85. The van der Waals surface area contributed by atoms with Crippen LogP contribution in [-0.4, -0.2) is 18.5 Å². The Morgan fingerprint density at radius 2 is 2.00 bits per heavy atom. The maximum Gasteiger partial charge on any atom is 0.282 e. The molecular weight excluding hydrogens is 315 g/mol. The molecule has 0 bridgehead atoms. The predicted octanol–water partition coefficient (Wildman–Crippen LogP) is 3.88. The van der Waals surface area contributed by atoms with Crippen molar-refractivity contribution in [3.63, 3.8) is 0 Å². The first-order chi connectivity index (χ1) is 11.2. The van der Waals surface area contributed by atoms with Gasteiger partial charge in [0.05, 0.1) is 17.2 Å². The summed E-state index contributed by atoms with van der Waals surface area (Å²) in [5.41, 5.74) is 1.08. The summed E-state index contributed by atoms with van der Waals surface area (Å²) in [7, 11) is 0. The second-order valence-corrected chi connectivity index (χ2v) is 6.87. The van der Waals surface area contributed by atoms with E-state index in [-0.39, 0.29) is 17.9 Å². The van der Waals surface area contributed by atoms with Gasteiger partial charge in [0.15, 0.2) is 18.0 Å². The zero-order valence-corrected chi connectivity index (χ0v) is 13.6. The van der Waals surface area contributed by atoms with Gasteiger partial charge >= 0.3 is 0 Å². The van der Waals surface area contributed by atoms with E-state index >= 15 is 0 Å². The van der Waals surface area contributed by atoms with Gasteiger partial charge in [0, 0.05) is 23.8 Å². The molecule has 3 aromatic heterocycles. The lowest BCUT2D eigenvalue weighted by Gasteiger charge is -2.29. The molecule has 1 aliphatic carbocycles. The summed E-state index contributed by atoms with van der Waals surface area (Å²) in [5.74, 6) is 0.746. The number of rotatable bonds is 2. The van der Waals surface area contributed by atoms with Crippen LogP contribution in [0.2, 0.25) is 0 Å². The van der Waals surface area contributed by atoms with E-state index in [1.54, 1.807) is 12.5 Å². The summed E-state index contributed by atoms with van der Waals surface area (Å²) in [6.07, 6.45) is 9.29. The minimum Gasteiger partial charge on any atom is -0.328 e. The van der Waals surface area contributed by atoms with Crippen molar-refractivity contribution < 1.29 is 3.89 Å². The minimum atomic E-state index is -0.282. The van der Waals surface area contributed by atoms with Crippen molar-refractivity contribution in [1.82, 2.24) is 18.5 Å². The molecule has 0 aromatic carbocycles. The van der Waals surface area contributed by atoms with Crippen molar-refractivity contribution in [2.24, 2.45) is 5.92 Å². The first kappa shape index (κ1) is 14.7. The van der Waals surface area contributed by atoms with Gasteiger partial charge in [-0.3, -0.25) is 4.79 Å². The van der Waals surface area contributed by atoms with E-state index in [4.69, 9.17) is 0 Å². The second kappa shape index (κ2) is 5.63. The highest BCUT2D eigenvalue weighted by Gasteiger charge is 2.22. The Labute approximate surface area is 137 Å². The Hall–Kier alpha value is -1.89. The molecule has 0 amide bonds. The molecule has 1 saturated carbocycles. The van der Waals surface area contributed by atoms with E-state index in [0.29, 0.717) is 17.1 Å². The molecule has 0 saturated heterocycles. The summed E-state index contributed by atoms with van der Waals surface area (Å²) in [6, 6.07) is 2.15. The topological polar surface area (TPSA) is 52.7 Å². The third-order valence-corrected chi connectivity index (χ3v) is 5.34. The van der Waals surface area contributed by atoms with Gasteiger partial charge in [-0.15, -0.1) is 3.89 Å². The molecule has 1 aliphatic rings. The molecule has 0 atom stereocenters. The average molecular weight is 332 g/mol. The van der Waals surface area contributed by atoms with Crippen LogP contribution in [0.1, 0.15) is 38.6 Å². The summed E-state index contributed by atoms with van der Waals surface area (Å²) in [4.78, 5) is 20.4. The van der Waals surface area contributed by atoms with E-state index in [1.165, 1.54) is 23.0 Å². The number of pyridine rings is 1. The second-order valence-electron chi connectivity index (χ2n) is 6.34. The van der Waals surface area contributed by atoms with E-state index in [0.717, 1.165) is 29.7 Å². The van der Waals surface area contributed by atoms with Crippen molar-refractivity contribution in [3.8, 4) is 0 Å². The molecule has 0 spiro atoms. The van der Waals surface area contributed by atoms with Crippen LogP contribution in [0.3, 0.4) is 0 Å². The van der Waals surface area contributed by atoms with E-state index in [2.05, 4.69) is 21.5 Å². The Morgan fingerprint density at radius 3 is 2.74 bits per heavy atom. The smallest absolute Gasteiger partial charge is 0.282 e. The summed E-state index contributed by atoms with van der Waals surface area (Å²) >= 11 is 0.111. The van der Waals surface area contributed by atoms with Gasteiger partial charge in [0.2, 0.25) is 0 Å². The standard InChI is InChI=1S/C16H17FN4OS/c1-10-2-4-11(5-3-10)20-9-19-16(22)13-8-18-15-12(14(13)20)6-7-21(15)23-17/h6-11H,2-5H2,1H3. The third-order valence-electron chi connectivity index (χ3n) is 4.89. The normalized spacial score (nSPS) is 22.0. The third kappa shape index (κ3) is 2.34. The van der Waals surface area contributed by atoms with Gasteiger partial charge in [-0.1, -0.05) is 6.92 Å². The number of fused-ring (bicyclic) bond motifs is 3. The molecule has 1 fully saturated rings. The fourth-order valence-electron chi connectivity index (χ4n) is 3.58. The van der Waals surface area contributed by atoms with Gasteiger partial charge in [-0.05, 0) is 37.7 Å². The fraction of sp³-hybridized carbons (Fsp3) is 0.438. The number of hydrogen-bond acceptors (Lipinski definition) is 4. The van der Waals surface area contributed by atoms with Crippen molar-refractivity contribution in [2.75, 3.05) is 0 Å². The average Bonchev–Trinajstić information content (AvgIpc) is 2.99. The molecule has 3 aromatic rings. The number of aromatic nitrogens is 4. The Morgan fingerprint density at radius 1 is 1.22 bits per heavy atom. The Kier molecular flexibility index (Phi) is 3.60. The number of halogens is 1. The zero-order valence-electron chi connectivity index (χ0n) is 12.8. The zero-order chi connectivity index (χ0) is 16.0. The van der Waals surface area contributed by atoms with Crippen LogP contribution in [0.4, 0.5) is 3.89 Å². The van der Waals surface area contributed by atoms with Gasteiger partial charge in [-0.25, -0.2) is 8.96 Å². The van der Waals surface area contributed by atoms with Crippen LogP contribution in [0.25, 0.3) is 21.9 Å². The van der Waals surface area contributed by atoms with Crippen LogP contribution in [0.15, 0.2) is 29.6 Å². The first-order valence-corrected chi connectivity index (χ1v) is 8.52. The maximum atomic E-state index is 13.0. The van der Waals surface area contributed by atoms with Gasteiger partial charge < -0.3 is 4.57 Å². The molecule has 3 heterocycles. The summed E-state index contributed by atoms with van der Waals surface area (Å²) in [6.45, 7) is 2.28. The quantitative estimate of drug-likeness (QED) is 0.715. The molecule has 5 nitrogen and oxygen atoms in total. The molecule has 7 heteroatoms. The molecule has 0 radical (unpaired) electrons. The largest absolute Gasteiger partial charge is 0.328 e. The SMILES string of the molecule is CC1CCC(n2cnc(=O)c3cnc4c(ccn4SF)c32)CC1. The van der Waals surface area contributed by atoms with Gasteiger partial charge in [0.1, 0.15) is 0 Å². The molecular formula is C16H17FN4OS. The summed E-state index contributed by atoms with van der Waals surface area (Å²) < 4.78 is 16.5. The lowest BCUT2D eigenvalue weighted by molar-refractivity contribution is 0.292. The van der Waals surface area contributed by atoms with Crippen molar-refractivity contribution in [1.29, 1.82) is 0 Å². The molecule has 4 rings (SSSR count). The van der Waals surface area contributed by atoms with E-state index < -0.39 is 0 Å². The molecule has 23 heavy (non-hydrogen) atoms. The lowest BCUT2D eigenvalue weighted by atomic mass is 9.87. The summed E-state index contributed by atoms with van der Waals surface area (Å²) in [5, 5.41) is 1.30. The van der Waals surface area contributed by atoms with Crippen LogP contribution in [0.5, 0.6) is 0 Å². The van der Waals surface area contributed by atoms with Crippen LogP contribution in [-0.2, 0) is 0 Å². The van der Waals surface area contributed by atoms with Crippen molar-refractivity contribution in [3.05, 3.63) is 35.1 Å². The minimum absolute atomic E-state index is 0.111. The predicted molar refractivity (Wildman–Crippen MR) is 90.1 cm³/mol. The van der Waals surface area contributed by atoms with Crippen LogP contribution >= 0.6 is 12.3 Å². The van der Waals surface area contributed by atoms with Crippen molar-refractivity contribution >= 4 is 34.3 Å². The monoisotopic (exact) mass is 332 g/mol. The maximum absolute atomic E-state index is 13.0. The molecule has 120 valence electrons. The molecule has 0 N–H and O–H groups in total. The lowest BCUT2D eigenvalue weighted by Crippen LogP contribution is -2.21. The highest BCUT2D eigenvalue weighted by atomic mass is 32.2. The number of nitrogens with zero attached hydrogens (tertiary/aromatic N) is 4. The number of hydrogen-bond donors (Lipinski definition) is 0. The van der Waals surface area contributed by atoms with E-state index in [1.807, 2.05) is 6.07 Å². The van der Waals surface area contributed by atoms with Gasteiger partial charge in [-0.2, -0.15) is 4.98 Å². The van der Waals surface area contributed by atoms with Gasteiger partial charge in [0.25, 0.3) is 5.56 Å². The van der Waals surface area contributed by atoms with Crippen LogP contribution in [0, 0.1) is 5.92 Å². The Balaban J connectivity index is 1.98. The Bertz CT molecular complexity index is 927. The van der Waals surface area contributed by atoms with Crippen LogP contribution < -0.4 is 5.56 Å². The molecule has 0 unspecified atom stereocenters. The fourth-order valence-corrected chi connectivity index (χ4v) is 3.90. The molecule has 0 aliphatic heterocycles. The highest BCUT2D eigenvalue weighted by Crippen LogP contribution is 2.35. The van der Waals surface area contributed by atoms with E-state index in [9.17, 15) is 8.68 Å².